The van der Waals surface area contributed by atoms with Crippen LogP contribution in [0.4, 0.5) is 0 Å². The van der Waals surface area contributed by atoms with E-state index in [4.69, 9.17) is 14.2 Å². The van der Waals surface area contributed by atoms with Crippen molar-refractivity contribution in [2.24, 2.45) is 0 Å². The first kappa shape index (κ1) is 17.4. The molecular weight excluding hydrogens is 254 g/mol. The molecule has 0 fully saturated rings. The molecule has 0 saturated carbocycles. The van der Waals surface area contributed by atoms with E-state index >= 15 is 0 Å². The van der Waals surface area contributed by atoms with Crippen LogP contribution < -0.4 is 0 Å². The van der Waals surface area contributed by atoms with E-state index in [1.54, 1.807) is 20.8 Å². The molecule has 0 aromatic carbocycles. The van der Waals surface area contributed by atoms with Crippen molar-refractivity contribution >= 4 is 17.9 Å². The number of carbonyl (C=O) groups is 3. The molecule has 0 aliphatic heterocycles. The lowest BCUT2D eigenvalue weighted by Crippen LogP contribution is -2.38. The summed E-state index contributed by atoms with van der Waals surface area (Å²) in [5, 5.41) is 0. The molecule has 0 radical (unpaired) electrons. The van der Waals surface area contributed by atoms with E-state index < -0.39 is 17.9 Å². The maximum absolute atomic E-state index is 11.4. The van der Waals surface area contributed by atoms with Gasteiger partial charge < -0.3 is 14.2 Å². The quantitative estimate of drug-likeness (QED) is 0.340. The maximum Gasteiger partial charge on any atom is 0.320 e. The number of hydrogen-bond acceptors (Lipinski definition) is 7. The van der Waals surface area contributed by atoms with Crippen LogP contribution >= 0.6 is 0 Å². The average molecular weight is 275 g/mol. The van der Waals surface area contributed by atoms with Gasteiger partial charge in [-0.15, -0.1) is 0 Å². The highest BCUT2D eigenvalue weighted by Gasteiger charge is 2.17. The maximum atomic E-state index is 11.4. The Balaban J connectivity index is 4.32. The predicted molar refractivity (Wildman–Crippen MR) is 66.1 cm³/mol. The molecule has 0 N–H and O–H groups in total. The van der Waals surface area contributed by atoms with Crippen LogP contribution in [0.5, 0.6) is 0 Å². The fourth-order valence-corrected chi connectivity index (χ4v) is 1.19. The van der Waals surface area contributed by atoms with Crippen molar-refractivity contribution < 1.29 is 28.6 Å². The Kier molecular flexibility index (Phi) is 9.42. The topological polar surface area (TPSA) is 82.1 Å². The lowest BCUT2D eigenvalue weighted by Gasteiger charge is -2.19. The summed E-state index contributed by atoms with van der Waals surface area (Å²) in [5.74, 6) is -1.38. The highest BCUT2D eigenvalue weighted by Crippen LogP contribution is 1.95. The SMILES string of the molecule is CCOC(=O)CN(COC(=O)CC)CC(=O)OCC. The van der Waals surface area contributed by atoms with Crippen LogP contribution in [0.2, 0.25) is 0 Å². The van der Waals surface area contributed by atoms with E-state index in [1.165, 1.54) is 4.90 Å². The molecule has 19 heavy (non-hydrogen) atoms. The monoisotopic (exact) mass is 275 g/mol. The Morgan fingerprint density at radius 3 is 1.63 bits per heavy atom. The van der Waals surface area contributed by atoms with Gasteiger partial charge in [0.2, 0.25) is 0 Å². The third-order valence-electron chi connectivity index (χ3n) is 2.01. The molecule has 0 aliphatic carbocycles. The van der Waals surface area contributed by atoms with Crippen LogP contribution in [-0.4, -0.2) is 55.8 Å². The molecule has 0 spiro atoms. The van der Waals surface area contributed by atoms with E-state index in [2.05, 4.69) is 0 Å². The fourth-order valence-electron chi connectivity index (χ4n) is 1.19. The van der Waals surface area contributed by atoms with E-state index in [9.17, 15) is 14.4 Å². The highest BCUT2D eigenvalue weighted by molar-refractivity contribution is 5.75. The Morgan fingerprint density at radius 2 is 1.26 bits per heavy atom. The van der Waals surface area contributed by atoms with Gasteiger partial charge in [0.05, 0.1) is 13.2 Å². The molecule has 0 aromatic rings. The molecule has 0 unspecified atom stereocenters. The molecule has 0 heterocycles. The Labute approximate surface area is 112 Å². The molecule has 0 aliphatic rings. The van der Waals surface area contributed by atoms with Gasteiger partial charge in [-0.3, -0.25) is 14.4 Å². The molecule has 0 atom stereocenters. The van der Waals surface area contributed by atoms with Crippen LogP contribution in [0.3, 0.4) is 0 Å². The summed E-state index contributed by atoms with van der Waals surface area (Å²) in [7, 11) is 0. The summed E-state index contributed by atoms with van der Waals surface area (Å²) < 4.78 is 14.4. The largest absolute Gasteiger partial charge is 0.465 e. The summed E-state index contributed by atoms with van der Waals surface area (Å²) in [6.07, 6.45) is 0.229. The van der Waals surface area contributed by atoms with Crippen molar-refractivity contribution in [2.75, 3.05) is 33.0 Å². The molecular formula is C12H21NO6. The van der Waals surface area contributed by atoms with Crippen molar-refractivity contribution in [1.82, 2.24) is 4.90 Å². The normalized spacial score (nSPS) is 10.1. The minimum atomic E-state index is -0.487. The Bertz CT molecular complexity index is 285. The summed E-state index contributed by atoms with van der Waals surface area (Å²) in [4.78, 5) is 35.1. The van der Waals surface area contributed by atoms with Crippen LogP contribution in [-0.2, 0) is 28.6 Å². The fraction of sp³-hybridized carbons (Fsp3) is 0.750. The second kappa shape index (κ2) is 10.3. The first-order valence-electron chi connectivity index (χ1n) is 6.22. The summed E-state index contributed by atoms with van der Waals surface area (Å²) in [6, 6.07) is 0. The second-order valence-electron chi connectivity index (χ2n) is 3.60. The Morgan fingerprint density at radius 1 is 0.789 bits per heavy atom. The standard InChI is InChI=1S/C12H21NO6/c1-4-10(14)19-9-13(7-11(15)17-5-2)8-12(16)18-6-3/h4-9H2,1-3H3. The molecule has 0 bridgehead atoms. The van der Waals surface area contributed by atoms with E-state index in [0.29, 0.717) is 0 Å². The zero-order chi connectivity index (χ0) is 14.7. The first-order valence-corrected chi connectivity index (χ1v) is 6.22. The molecule has 7 nitrogen and oxygen atoms in total. The number of hydrogen-bond donors (Lipinski definition) is 0. The number of ether oxygens (including phenoxy) is 3. The van der Waals surface area contributed by atoms with Crippen LogP contribution in [0.15, 0.2) is 0 Å². The van der Waals surface area contributed by atoms with Crippen molar-refractivity contribution in [3.63, 3.8) is 0 Å². The lowest BCUT2D eigenvalue weighted by atomic mass is 10.5. The molecule has 7 heteroatoms. The van der Waals surface area contributed by atoms with Crippen molar-refractivity contribution in [2.45, 2.75) is 27.2 Å². The minimum Gasteiger partial charge on any atom is -0.465 e. The van der Waals surface area contributed by atoms with Crippen molar-refractivity contribution in [3.8, 4) is 0 Å². The van der Waals surface area contributed by atoms with Crippen LogP contribution in [0.1, 0.15) is 27.2 Å². The second-order valence-corrected chi connectivity index (χ2v) is 3.60. The molecule has 0 rings (SSSR count). The Hall–Kier alpha value is -1.63. The van der Waals surface area contributed by atoms with Crippen molar-refractivity contribution in [1.29, 1.82) is 0 Å². The van der Waals surface area contributed by atoms with Crippen LogP contribution in [0.25, 0.3) is 0 Å². The first-order chi connectivity index (χ1) is 9.03. The van der Waals surface area contributed by atoms with E-state index in [-0.39, 0.29) is 39.5 Å². The molecule has 0 saturated heterocycles. The van der Waals surface area contributed by atoms with Gasteiger partial charge in [0.15, 0.2) is 0 Å². The zero-order valence-corrected chi connectivity index (χ0v) is 11.6. The van der Waals surface area contributed by atoms with Gasteiger partial charge in [-0.05, 0) is 13.8 Å². The molecule has 0 aromatic heterocycles. The van der Waals surface area contributed by atoms with Gasteiger partial charge in [0.1, 0.15) is 19.8 Å². The zero-order valence-electron chi connectivity index (χ0n) is 11.6. The molecule has 110 valence electrons. The predicted octanol–water partition coefficient (Wildman–Crippen LogP) is 0.325. The van der Waals surface area contributed by atoms with Gasteiger partial charge >= 0.3 is 17.9 Å². The van der Waals surface area contributed by atoms with Gasteiger partial charge in [0, 0.05) is 6.42 Å². The number of rotatable bonds is 9. The average Bonchev–Trinajstić information content (AvgIpc) is 2.36. The van der Waals surface area contributed by atoms with E-state index in [1.807, 2.05) is 0 Å². The van der Waals surface area contributed by atoms with Crippen LogP contribution in [0, 0.1) is 0 Å². The third-order valence-corrected chi connectivity index (χ3v) is 2.01. The number of esters is 3. The number of nitrogens with zero attached hydrogens (tertiary/aromatic N) is 1. The lowest BCUT2D eigenvalue weighted by molar-refractivity contribution is -0.158. The number of carbonyl (C=O) groups excluding carboxylic acids is 3. The minimum absolute atomic E-state index is 0.135. The molecule has 0 amide bonds. The van der Waals surface area contributed by atoms with Gasteiger partial charge in [-0.1, -0.05) is 6.92 Å². The van der Waals surface area contributed by atoms with Gasteiger partial charge in [-0.2, -0.15) is 0 Å². The van der Waals surface area contributed by atoms with Gasteiger partial charge in [0.25, 0.3) is 0 Å². The highest BCUT2D eigenvalue weighted by atomic mass is 16.6. The summed E-state index contributed by atoms with van der Waals surface area (Å²) >= 11 is 0. The summed E-state index contributed by atoms with van der Waals surface area (Å²) in [6.45, 7) is 5.11. The van der Waals surface area contributed by atoms with Gasteiger partial charge in [-0.25, -0.2) is 4.90 Å². The summed E-state index contributed by atoms with van der Waals surface area (Å²) in [5.41, 5.74) is 0. The smallest absolute Gasteiger partial charge is 0.320 e. The van der Waals surface area contributed by atoms with E-state index in [0.717, 1.165) is 0 Å². The van der Waals surface area contributed by atoms with Crippen molar-refractivity contribution in [3.05, 3.63) is 0 Å². The third kappa shape index (κ3) is 9.01.